The van der Waals surface area contributed by atoms with Gasteiger partial charge in [0.15, 0.2) is 0 Å². The van der Waals surface area contributed by atoms with Crippen LogP contribution in [0.5, 0.6) is 0 Å². The molecule has 238 valence electrons. The summed E-state index contributed by atoms with van der Waals surface area (Å²) in [4.78, 5) is 40.8. The van der Waals surface area contributed by atoms with Gasteiger partial charge in [-0.25, -0.2) is 10.1 Å². The molecule has 42 heavy (non-hydrogen) atoms. The molecule has 0 bridgehead atoms. The van der Waals surface area contributed by atoms with Gasteiger partial charge in [-0.05, 0) is 44.3 Å². The van der Waals surface area contributed by atoms with Gasteiger partial charge in [0.05, 0.1) is 54.1 Å². The van der Waals surface area contributed by atoms with Crippen molar-refractivity contribution >= 4 is 36.7 Å². The number of nitrogens with zero attached hydrogens (tertiary/aromatic N) is 1. The zero-order valence-corrected chi connectivity index (χ0v) is 27.2. The molecule has 2 unspecified atom stereocenters. The minimum Gasteiger partial charge on any atom is -0.458 e. The first-order valence-corrected chi connectivity index (χ1v) is 17.4. The molecule has 0 radical (unpaired) electrons. The molecule has 0 spiro atoms. The van der Waals surface area contributed by atoms with Crippen LogP contribution in [-0.2, 0) is 30.2 Å². The predicted molar refractivity (Wildman–Crippen MR) is 162 cm³/mol. The highest BCUT2D eigenvalue weighted by molar-refractivity contribution is 7.55. The average Bonchev–Trinajstić information content (AvgIpc) is 3.31. The van der Waals surface area contributed by atoms with E-state index in [-0.39, 0.29) is 49.1 Å². The number of epoxide rings is 1. The van der Waals surface area contributed by atoms with Gasteiger partial charge in [-0.1, -0.05) is 34.1 Å². The number of aromatic nitrogens is 1. The molecular weight excluding hydrogens is 581 g/mol. The van der Waals surface area contributed by atoms with Gasteiger partial charge < -0.3 is 30.3 Å². The smallest absolute Gasteiger partial charge is 0.309 e. The van der Waals surface area contributed by atoms with Crippen LogP contribution in [0.25, 0.3) is 6.08 Å². The second-order valence-electron chi connectivity index (χ2n) is 12.7. The molecule has 11 nitrogen and oxygen atoms in total. The number of aliphatic hydroxyl groups excluding tert-OH is 2. The fourth-order valence-corrected chi connectivity index (χ4v) is 7.24. The number of nitrogens with one attached hydrogen (secondary N) is 1. The van der Waals surface area contributed by atoms with Gasteiger partial charge in [0.1, 0.15) is 16.9 Å². The summed E-state index contributed by atoms with van der Waals surface area (Å²) < 4.78 is 24.0. The molecule has 1 aromatic rings. The van der Waals surface area contributed by atoms with Gasteiger partial charge in [0, 0.05) is 24.3 Å². The van der Waals surface area contributed by atoms with Crippen LogP contribution in [0, 0.1) is 17.3 Å². The summed E-state index contributed by atoms with van der Waals surface area (Å²) in [6.45, 7) is 10.9. The van der Waals surface area contributed by atoms with Gasteiger partial charge in [0.25, 0.3) is 7.52 Å². The SMILES string of the molecule is CC(=Cc1csc(CNP(=O)(O)CCN)n1)[C@H]1CC2O[C@@]2(C)CCC[C@@H](C)[C@@H](O)[C@H](C)C(=O)C(C)(C)[C@H](O)CC(=O)O1. The molecule has 6 N–H and O–H groups in total. The summed E-state index contributed by atoms with van der Waals surface area (Å²) in [5.41, 5.74) is 5.11. The first kappa shape index (κ1) is 35.0. The largest absolute Gasteiger partial charge is 0.458 e. The number of ether oxygens (including phenoxy) is 2. The third-order valence-corrected chi connectivity index (χ3v) is 11.2. The monoisotopic (exact) mass is 629 g/mol. The topological polar surface area (TPSA) is 185 Å². The van der Waals surface area contributed by atoms with E-state index in [0.29, 0.717) is 17.1 Å². The number of ketones is 1. The van der Waals surface area contributed by atoms with Crippen molar-refractivity contribution in [1.29, 1.82) is 0 Å². The number of aliphatic hydroxyl groups is 2. The maximum Gasteiger partial charge on any atom is 0.309 e. The third-order valence-electron chi connectivity index (χ3n) is 8.77. The molecule has 3 heterocycles. The van der Waals surface area contributed by atoms with Crippen molar-refractivity contribution in [3.63, 3.8) is 0 Å². The number of cyclic esters (lactones) is 1. The summed E-state index contributed by atoms with van der Waals surface area (Å²) in [5.74, 6) is -1.75. The molecule has 1 aromatic heterocycles. The quantitative estimate of drug-likeness (QED) is 0.169. The molecule has 2 saturated heterocycles. The van der Waals surface area contributed by atoms with Gasteiger partial charge in [0.2, 0.25) is 0 Å². The third kappa shape index (κ3) is 9.01. The lowest BCUT2D eigenvalue weighted by Gasteiger charge is -2.34. The summed E-state index contributed by atoms with van der Waals surface area (Å²) in [6.07, 6.45) is 1.20. The van der Waals surface area contributed by atoms with Gasteiger partial charge in [-0.15, -0.1) is 11.3 Å². The van der Waals surface area contributed by atoms with Crippen LogP contribution in [0.3, 0.4) is 0 Å². The molecule has 3 rings (SSSR count). The van der Waals surface area contributed by atoms with Crippen molar-refractivity contribution in [3.05, 3.63) is 21.7 Å². The number of thiazole rings is 1. The van der Waals surface area contributed by atoms with Crippen LogP contribution < -0.4 is 10.8 Å². The van der Waals surface area contributed by atoms with E-state index in [2.05, 4.69) is 10.1 Å². The summed E-state index contributed by atoms with van der Waals surface area (Å²) in [7, 11) is -3.53. The van der Waals surface area contributed by atoms with Crippen molar-refractivity contribution < 1.29 is 38.7 Å². The van der Waals surface area contributed by atoms with Gasteiger partial charge >= 0.3 is 5.97 Å². The second kappa shape index (κ2) is 14.1. The van der Waals surface area contributed by atoms with Crippen molar-refractivity contribution in [2.45, 2.75) is 110 Å². The molecule has 2 aliphatic heterocycles. The van der Waals surface area contributed by atoms with E-state index >= 15 is 0 Å². The summed E-state index contributed by atoms with van der Waals surface area (Å²) in [5, 5.41) is 26.9. The molecule has 2 aliphatic rings. The first-order chi connectivity index (χ1) is 19.5. The molecule has 0 saturated carbocycles. The average molecular weight is 630 g/mol. The highest BCUT2D eigenvalue weighted by Gasteiger charge is 2.53. The van der Waals surface area contributed by atoms with E-state index < -0.39 is 43.1 Å². The van der Waals surface area contributed by atoms with E-state index in [9.17, 15) is 29.3 Å². The minimum atomic E-state index is -3.53. The number of carbonyl (C=O) groups is 2. The molecule has 0 aromatic carbocycles. The Morgan fingerprint density at radius 1 is 1.29 bits per heavy atom. The zero-order valence-electron chi connectivity index (χ0n) is 25.5. The van der Waals surface area contributed by atoms with E-state index in [1.165, 1.54) is 11.3 Å². The fraction of sp³-hybridized carbons (Fsp3) is 0.759. The molecular formula is C29H48N3O8PS. The first-order valence-electron chi connectivity index (χ1n) is 14.7. The Kier molecular flexibility index (Phi) is 11.7. The Morgan fingerprint density at radius 2 is 1.98 bits per heavy atom. The number of fused-ring (bicyclic) bond motifs is 1. The molecule has 2 fully saturated rings. The van der Waals surface area contributed by atoms with E-state index in [0.717, 1.165) is 24.8 Å². The van der Waals surface area contributed by atoms with Crippen molar-refractivity contribution in [2.24, 2.45) is 23.0 Å². The Bertz CT molecular complexity index is 1190. The van der Waals surface area contributed by atoms with Crippen LogP contribution in [0.4, 0.5) is 0 Å². The number of rotatable bonds is 7. The maximum atomic E-state index is 13.3. The van der Waals surface area contributed by atoms with Crippen LogP contribution in [0.15, 0.2) is 11.0 Å². The van der Waals surface area contributed by atoms with E-state index in [4.69, 9.17) is 15.2 Å². The lowest BCUT2D eigenvalue weighted by molar-refractivity contribution is -0.154. The lowest BCUT2D eigenvalue weighted by Crippen LogP contribution is -2.45. The highest BCUT2D eigenvalue weighted by atomic mass is 32.1. The Balaban J connectivity index is 1.80. The minimum absolute atomic E-state index is 0.0283. The normalized spacial score (nSPS) is 34.8. The zero-order chi connectivity index (χ0) is 31.5. The van der Waals surface area contributed by atoms with Crippen molar-refractivity contribution in [2.75, 3.05) is 12.7 Å². The van der Waals surface area contributed by atoms with Crippen LogP contribution >= 0.6 is 18.9 Å². The van der Waals surface area contributed by atoms with Crippen LogP contribution in [0.1, 0.15) is 84.3 Å². The van der Waals surface area contributed by atoms with Crippen LogP contribution in [-0.4, -0.2) is 74.6 Å². The van der Waals surface area contributed by atoms with Gasteiger partial charge in [-0.3, -0.25) is 14.2 Å². The number of Topliss-reactive ketones (excluding diaryl/α,β-unsaturated/α-hetero) is 1. The van der Waals surface area contributed by atoms with E-state index in [1.54, 1.807) is 20.8 Å². The van der Waals surface area contributed by atoms with Crippen LogP contribution in [0.2, 0.25) is 0 Å². The number of hydrogen-bond acceptors (Lipinski definition) is 10. The number of hydrogen-bond donors (Lipinski definition) is 5. The maximum absolute atomic E-state index is 13.3. The number of esters is 1. The fourth-order valence-electron chi connectivity index (χ4n) is 5.54. The summed E-state index contributed by atoms with van der Waals surface area (Å²) in [6, 6.07) is 0. The Morgan fingerprint density at radius 3 is 2.64 bits per heavy atom. The van der Waals surface area contributed by atoms with E-state index in [1.807, 2.05) is 32.2 Å². The number of carbonyl (C=O) groups excluding carboxylic acids is 2. The number of nitrogens with two attached hydrogens (primary N) is 1. The molecule has 0 aliphatic carbocycles. The lowest BCUT2D eigenvalue weighted by atomic mass is 9.73. The highest BCUT2D eigenvalue weighted by Crippen LogP contribution is 2.45. The second-order valence-corrected chi connectivity index (χ2v) is 15.8. The predicted octanol–water partition coefficient (Wildman–Crippen LogP) is 3.40. The van der Waals surface area contributed by atoms with Crippen molar-refractivity contribution in [3.8, 4) is 0 Å². The van der Waals surface area contributed by atoms with Crippen molar-refractivity contribution in [1.82, 2.24) is 10.1 Å². The Labute approximate surface area is 252 Å². The molecule has 0 amide bonds. The summed E-state index contributed by atoms with van der Waals surface area (Å²) >= 11 is 1.34. The molecule has 8 atom stereocenters. The molecule has 13 heteroatoms. The van der Waals surface area contributed by atoms with Gasteiger partial charge in [-0.2, -0.15) is 0 Å². The Hall–Kier alpha value is -1.50. The standard InChI is InChI=1S/C29H48N3O8PS/c1-17-8-7-9-29(6)23(40-29)13-21(39-25(34)14-22(33)28(4,5)27(36)19(3)26(17)35)18(2)12-20-16-42-24(32-20)15-31-41(37,38)11-10-30/h12,16-17,19,21-23,26,33,35H,7-11,13-15,30H2,1-6H3,(H2,31,37,38)/t17-,19+,21-,22-,23?,26-,29+/m1/s1.